The third-order valence-electron chi connectivity index (χ3n) is 6.76. The molecule has 1 aliphatic rings. The summed E-state index contributed by atoms with van der Waals surface area (Å²) < 4.78 is 0. The third-order valence-corrected chi connectivity index (χ3v) is 7.49. The van der Waals surface area contributed by atoms with Gasteiger partial charge in [-0.25, -0.2) is 0 Å². The number of halogens is 2. The molecule has 2 N–H and O–H groups in total. The average molecular weight is 539 g/mol. The van der Waals surface area contributed by atoms with Crippen LogP contribution in [0.25, 0.3) is 16.8 Å². The highest BCUT2D eigenvalue weighted by Gasteiger charge is 2.21. The van der Waals surface area contributed by atoms with Gasteiger partial charge in [-0.2, -0.15) is 0 Å². The summed E-state index contributed by atoms with van der Waals surface area (Å²) in [6.07, 6.45) is 8.30. The van der Waals surface area contributed by atoms with Gasteiger partial charge in [-0.15, -0.1) is 0 Å². The lowest BCUT2D eigenvalue weighted by Gasteiger charge is -2.32. The normalized spacial score (nSPS) is 14.8. The molecular weight excluding hydrogens is 505 g/mol. The van der Waals surface area contributed by atoms with Crippen molar-refractivity contribution in [1.82, 2.24) is 15.5 Å². The molecule has 0 atom stereocenters. The van der Waals surface area contributed by atoms with Crippen molar-refractivity contribution in [2.24, 2.45) is 0 Å². The summed E-state index contributed by atoms with van der Waals surface area (Å²) in [6.45, 7) is 3.71. The first kappa shape index (κ1) is 27.2. The molecule has 0 saturated carbocycles. The smallest absolute Gasteiger partial charge is 0.251 e. The second kappa shape index (κ2) is 13.6. The van der Waals surface area contributed by atoms with Gasteiger partial charge in [0, 0.05) is 37.3 Å². The van der Waals surface area contributed by atoms with Crippen molar-refractivity contribution in [1.29, 1.82) is 0 Å². The van der Waals surface area contributed by atoms with E-state index in [0.717, 1.165) is 73.6 Å². The largest absolute Gasteiger partial charge is 0.353 e. The summed E-state index contributed by atoms with van der Waals surface area (Å²) in [5.41, 5.74) is 1.56. The molecule has 194 valence electrons. The first-order valence-electron chi connectivity index (χ1n) is 12.9. The number of unbranched alkanes of at least 4 members (excludes halogenated alkanes) is 2. The molecule has 0 radical (unpaired) electrons. The van der Waals surface area contributed by atoms with Crippen LogP contribution < -0.4 is 10.6 Å². The second-order valence-electron chi connectivity index (χ2n) is 9.51. The summed E-state index contributed by atoms with van der Waals surface area (Å²) in [5, 5.41) is 9.34. The number of amides is 2. The van der Waals surface area contributed by atoms with Crippen molar-refractivity contribution >= 4 is 51.9 Å². The Balaban J connectivity index is 1.07. The Bertz CT molecular complexity index is 1250. The Kier molecular flexibility index (Phi) is 10.0. The van der Waals surface area contributed by atoms with Gasteiger partial charge >= 0.3 is 0 Å². The van der Waals surface area contributed by atoms with Crippen LogP contribution in [0.2, 0.25) is 10.0 Å². The summed E-state index contributed by atoms with van der Waals surface area (Å²) in [5.74, 6) is -0.100. The van der Waals surface area contributed by atoms with Crippen LogP contribution in [-0.2, 0) is 4.79 Å². The van der Waals surface area contributed by atoms with E-state index in [1.165, 1.54) is 6.08 Å². The lowest BCUT2D eigenvalue weighted by Crippen LogP contribution is -2.44. The van der Waals surface area contributed by atoms with Gasteiger partial charge in [-0.05, 0) is 78.9 Å². The lowest BCUT2D eigenvalue weighted by atomic mass is 10.0. The molecule has 0 aliphatic carbocycles. The van der Waals surface area contributed by atoms with E-state index in [2.05, 4.69) is 21.6 Å². The lowest BCUT2D eigenvalue weighted by molar-refractivity contribution is -0.116. The topological polar surface area (TPSA) is 61.4 Å². The minimum Gasteiger partial charge on any atom is -0.353 e. The molecule has 5 nitrogen and oxygen atoms in total. The van der Waals surface area contributed by atoms with Gasteiger partial charge in [0.1, 0.15) is 0 Å². The number of piperidine rings is 1. The monoisotopic (exact) mass is 537 g/mol. The summed E-state index contributed by atoms with van der Waals surface area (Å²) in [7, 11) is 0. The van der Waals surface area contributed by atoms with Gasteiger partial charge in [0.15, 0.2) is 0 Å². The van der Waals surface area contributed by atoms with Crippen LogP contribution in [0.1, 0.15) is 48.0 Å². The van der Waals surface area contributed by atoms with E-state index in [1.54, 1.807) is 18.2 Å². The maximum atomic E-state index is 12.7. The van der Waals surface area contributed by atoms with Gasteiger partial charge in [0.2, 0.25) is 5.91 Å². The molecule has 0 spiro atoms. The minimum atomic E-state index is -0.112. The van der Waals surface area contributed by atoms with Crippen molar-refractivity contribution in [3.05, 3.63) is 87.9 Å². The Morgan fingerprint density at radius 3 is 2.46 bits per heavy atom. The summed E-state index contributed by atoms with van der Waals surface area (Å²) in [6, 6.07) is 19.5. The van der Waals surface area contributed by atoms with Crippen molar-refractivity contribution in [3.8, 4) is 0 Å². The van der Waals surface area contributed by atoms with Crippen molar-refractivity contribution in [3.63, 3.8) is 0 Å². The predicted octanol–water partition coefficient (Wildman–Crippen LogP) is 6.34. The fourth-order valence-electron chi connectivity index (χ4n) is 4.60. The number of fused-ring (bicyclic) bond motifs is 1. The Labute approximate surface area is 228 Å². The number of hydrogen-bond donors (Lipinski definition) is 2. The third kappa shape index (κ3) is 8.32. The standard InChI is InChI=1S/C30H33Cl2N3O2/c31-27-12-8-22(20-28(27)32)9-13-29(36)33-16-4-1-5-17-35-18-14-26(15-19-35)34-30(37)25-11-10-23-6-2-3-7-24(23)21-25/h2-3,6-13,20-21,26H,1,4-5,14-19H2,(H,33,36)(H,34,37)/b13-9+. The van der Waals surface area contributed by atoms with Crippen LogP contribution in [0.5, 0.6) is 0 Å². The SMILES string of the molecule is O=C(/C=C/c1ccc(Cl)c(Cl)c1)NCCCCCN1CCC(NC(=O)c2ccc3ccccc3c2)CC1. The van der Waals surface area contributed by atoms with E-state index < -0.39 is 0 Å². The van der Waals surface area contributed by atoms with E-state index in [4.69, 9.17) is 23.2 Å². The molecule has 0 unspecified atom stereocenters. The molecule has 0 aromatic heterocycles. The highest BCUT2D eigenvalue weighted by molar-refractivity contribution is 6.42. The molecule has 2 amide bonds. The van der Waals surface area contributed by atoms with Gasteiger partial charge in [-0.3, -0.25) is 9.59 Å². The predicted molar refractivity (Wildman–Crippen MR) is 153 cm³/mol. The van der Waals surface area contributed by atoms with Crippen molar-refractivity contribution in [2.45, 2.75) is 38.1 Å². The average Bonchev–Trinajstić information content (AvgIpc) is 2.92. The van der Waals surface area contributed by atoms with E-state index in [-0.39, 0.29) is 17.9 Å². The zero-order valence-corrected chi connectivity index (χ0v) is 22.4. The highest BCUT2D eigenvalue weighted by Crippen LogP contribution is 2.23. The van der Waals surface area contributed by atoms with Gasteiger partial charge in [0.05, 0.1) is 10.0 Å². The van der Waals surface area contributed by atoms with E-state index >= 15 is 0 Å². The molecule has 4 rings (SSSR count). The number of hydrogen-bond acceptors (Lipinski definition) is 3. The quantitative estimate of drug-likeness (QED) is 0.234. The molecule has 1 saturated heterocycles. The van der Waals surface area contributed by atoms with Crippen LogP contribution >= 0.6 is 23.2 Å². The maximum Gasteiger partial charge on any atom is 0.251 e. The molecule has 7 heteroatoms. The highest BCUT2D eigenvalue weighted by atomic mass is 35.5. The molecule has 37 heavy (non-hydrogen) atoms. The molecule has 0 bridgehead atoms. The van der Waals surface area contributed by atoms with Gasteiger partial charge in [-0.1, -0.05) is 66.0 Å². The first-order chi connectivity index (χ1) is 18.0. The molecule has 3 aromatic rings. The second-order valence-corrected chi connectivity index (χ2v) is 10.3. The van der Waals surface area contributed by atoms with Crippen LogP contribution in [-0.4, -0.2) is 48.9 Å². The van der Waals surface area contributed by atoms with Gasteiger partial charge < -0.3 is 15.5 Å². The number of carbonyl (C=O) groups is 2. The fourth-order valence-corrected chi connectivity index (χ4v) is 4.90. The Morgan fingerprint density at radius 1 is 0.892 bits per heavy atom. The van der Waals surface area contributed by atoms with E-state index in [9.17, 15) is 9.59 Å². The van der Waals surface area contributed by atoms with Crippen LogP contribution in [0.3, 0.4) is 0 Å². The maximum absolute atomic E-state index is 12.7. The minimum absolute atomic E-state index is 0.0121. The number of benzene rings is 3. The van der Waals surface area contributed by atoms with Crippen LogP contribution in [0.4, 0.5) is 0 Å². The molecule has 1 fully saturated rings. The Hall–Kier alpha value is -2.86. The molecule has 1 heterocycles. The zero-order chi connectivity index (χ0) is 26.0. The number of likely N-dealkylation sites (tertiary alicyclic amines) is 1. The number of rotatable bonds is 10. The van der Waals surface area contributed by atoms with Crippen molar-refractivity contribution in [2.75, 3.05) is 26.2 Å². The first-order valence-corrected chi connectivity index (χ1v) is 13.7. The number of carbonyl (C=O) groups excluding carboxylic acids is 2. The molecule has 1 aliphatic heterocycles. The van der Waals surface area contributed by atoms with E-state index in [0.29, 0.717) is 16.6 Å². The Morgan fingerprint density at radius 2 is 1.68 bits per heavy atom. The summed E-state index contributed by atoms with van der Waals surface area (Å²) in [4.78, 5) is 27.2. The fraction of sp³-hybridized carbons (Fsp3) is 0.333. The van der Waals surface area contributed by atoms with Crippen LogP contribution in [0.15, 0.2) is 66.7 Å². The zero-order valence-electron chi connectivity index (χ0n) is 20.9. The van der Waals surface area contributed by atoms with Crippen molar-refractivity contribution < 1.29 is 9.59 Å². The number of nitrogens with one attached hydrogen (secondary N) is 2. The van der Waals surface area contributed by atoms with Crippen LogP contribution in [0, 0.1) is 0 Å². The van der Waals surface area contributed by atoms with Gasteiger partial charge in [0.25, 0.3) is 5.91 Å². The summed E-state index contributed by atoms with van der Waals surface area (Å²) >= 11 is 11.9. The van der Waals surface area contributed by atoms with E-state index in [1.807, 2.05) is 42.5 Å². The molecular formula is C30H33Cl2N3O2. The molecule has 3 aromatic carbocycles. The number of nitrogens with zero attached hydrogens (tertiary/aromatic N) is 1.